The number of pyridine rings is 1. The third kappa shape index (κ3) is 2.44. The predicted molar refractivity (Wildman–Crippen MR) is 63.4 cm³/mol. The molecule has 1 aromatic heterocycles. The lowest BCUT2D eigenvalue weighted by Gasteiger charge is -2.32. The maximum atomic E-state index is 11.1. The molecule has 2 heterocycles. The second-order valence-electron chi connectivity index (χ2n) is 4.02. The van der Waals surface area contributed by atoms with Crippen molar-refractivity contribution in [3.05, 3.63) is 23.4 Å². The van der Waals surface area contributed by atoms with Gasteiger partial charge in [-0.05, 0) is 25.0 Å². The van der Waals surface area contributed by atoms with Crippen molar-refractivity contribution in [2.75, 3.05) is 18.0 Å². The van der Waals surface area contributed by atoms with Crippen LogP contribution in [0.25, 0.3) is 0 Å². The van der Waals surface area contributed by atoms with Gasteiger partial charge >= 0.3 is 0 Å². The number of hydrogen-bond acceptors (Lipinski definition) is 3. The van der Waals surface area contributed by atoms with E-state index in [4.69, 9.17) is 17.3 Å². The van der Waals surface area contributed by atoms with Crippen LogP contribution in [0.2, 0.25) is 5.02 Å². The topological polar surface area (TPSA) is 59.2 Å². The van der Waals surface area contributed by atoms with Gasteiger partial charge in [0.1, 0.15) is 5.82 Å². The van der Waals surface area contributed by atoms with Gasteiger partial charge in [-0.2, -0.15) is 0 Å². The van der Waals surface area contributed by atoms with Gasteiger partial charge in [0.15, 0.2) is 0 Å². The number of nitrogens with zero attached hydrogens (tertiary/aromatic N) is 2. The monoisotopic (exact) mass is 239 g/mol. The number of anilines is 1. The van der Waals surface area contributed by atoms with E-state index >= 15 is 0 Å². The Balaban J connectivity index is 2.09. The van der Waals surface area contributed by atoms with Gasteiger partial charge in [-0.25, -0.2) is 4.98 Å². The van der Waals surface area contributed by atoms with E-state index in [0.717, 1.165) is 25.2 Å². The van der Waals surface area contributed by atoms with Crippen LogP contribution in [0, 0.1) is 5.92 Å². The Hall–Kier alpha value is -1.29. The quantitative estimate of drug-likeness (QED) is 0.850. The number of aromatic nitrogens is 1. The number of carbonyl (C=O) groups excluding carboxylic acids is 1. The summed E-state index contributed by atoms with van der Waals surface area (Å²) in [5.41, 5.74) is 5.32. The summed E-state index contributed by atoms with van der Waals surface area (Å²) in [6.45, 7) is 1.57. The number of nitrogens with two attached hydrogens (primary N) is 1. The summed E-state index contributed by atoms with van der Waals surface area (Å²) in [6.07, 6.45) is 3.46. The van der Waals surface area contributed by atoms with Crippen molar-refractivity contribution in [1.29, 1.82) is 0 Å². The summed E-state index contributed by atoms with van der Waals surface area (Å²) in [5.74, 6) is 0.570. The summed E-state index contributed by atoms with van der Waals surface area (Å²) >= 11 is 5.77. The fourth-order valence-corrected chi connectivity index (χ4v) is 2.08. The number of piperidine rings is 1. The zero-order chi connectivity index (χ0) is 11.5. The lowest BCUT2D eigenvalue weighted by atomic mass is 9.97. The molecule has 0 saturated carbocycles. The van der Waals surface area contributed by atoms with Gasteiger partial charge in [0.2, 0.25) is 5.91 Å². The third-order valence-electron chi connectivity index (χ3n) is 2.86. The van der Waals surface area contributed by atoms with Crippen LogP contribution >= 0.6 is 11.6 Å². The van der Waals surface area contributed by atoms with Crippen LogP contribution in [-0.2, 0) is 4.79 Å². The Labute approximate surface area is 99.4 Å². The van der Waals surface area contributed by atoms with Crippen LogP contribution < -0.4 is 10.6 Å². The summed E-state index contributed by atoms with van der Waals surface area (Å²) in [5, 5.41) is 0.618. The highest BCUT2D eigenvalue weighted by molar-refractivity contribution is 6.30. The molecular formula is C11H14ClN3O. The first-order chi connectivity index (χ1) is 7.66. The average Bonchev–Trinajstić information content (AvgIpc) is 2.30. The number of carbonyl (C=O) groups is 1. The summed E-state index contributed by atoms with van der Waals surface area (Å²) < 4.78 is 0. The van der Waals surface area contributed by atoms with E-state index in [0.29, 0.717) is 11.6 Å². The van der Waals surface area contributed by atoms with E-state index < -0.39 is 0 Å². The second kappa shape index (κ2) is 4.70. The highest BCUT2D eigenvalue weighted by Crippen LogP contribution is 2.22. The van der Waals surface area contributed by atoms with Crippen molar-refractivity contribution in [3.8, 4) is 0 Å². The highest BCUT2D eigenvalue weighted by Gasteiger charge is 2.24. The van der Waals surface area contributed by atoms with Gasteiger partial charge in [0.25, 0.3) is 0 Å². The molecule has 1 aromatic rings. The molecule has 0 aromatic carbocycles. The van der Waals surface area contributed by atoms with Crippen LogP contribution in [-0.4, -0.2) is 24.0 Å². The number of primary amides is 1. The first-order valence-corrected chi connectivity index (χ1v) is 5.70. The Morgan fingerprint density at radius 1 is 1.56 bits per heavy atom. The molecule has 1 atom stereocenters. The Bertz CT molecular complexity index is 379. The SMILES string of the molecule is NC(=O)C1CCCN(c2ccc(Cl)cn2)C1. The van der Waals surface area contributed by atoms with Crippen molar-refractivity contribution >= 4 is 23.3 Å². The first kappa shape index (κ1) is 11.2. The molecule has 1 aliphatic heterocycles. The minimum atomic E-state index is -0.223. The minimum Gasteiger partial charge on any atom is -0.369 e. The zero-order valence-corrected chi connectivity index (χ0v) is 9.65. The van der Waals surface area contributed by atoms with E-state index in [1.807, 2.05) is 6.07 Å². The fraction of sp³-hybridized carbons (Fsp3) is 0.455. The third-order valence-corrected chi connectivity index (χ3v) is 3.08. The molecule has 2 N–H and O–H groups in total. The molecule has 1 amide bonds. The van der Waals surface area contributed by atoms with Crippen molar-refractivity contribution in [2.45, 2.75) is 12.8 Å². The maximum Gasteiger partial charge on any atom is 0.222 e. The van der Waals surface area contributed by atoms with E-state index in [9.17, 15) is 4.79 Å². The van der Waals surface area contributed by atoms with E-state index in [-0.39, 0.29) is 11.8 Å². The molecule has 0 bridgehead atoms. The molecule has 86 valence electrons. The Morgan fingerprint density at radius 3 is 3.00 bits per heavy atom. The molecule has 1 fully saturated rings. The number of hydrogen-bond donors (Lipinski definition) is 1. The second-order valence-corrected chi connectivity index (χ2v) is 4.46. The molecular weight excluding hydrogens is 226 g/mol. The predicted octanol–water partition coefficient (Wildman–Crippen LogP) is 1.44. The smallest absolute Gasteiger partial charge is 0.222 e. The van der Waals surface area contributed by atoms with Crippen molar-refractivity contribution < 1.29 is 4.79 Å². The number of halogens is 1. The molecule has 0 aliphatic carbocycles. The van der Waals surface area contributed by atoms with Crippen LogP contribution in [0.15, 0.2) is 18.3 Å². The molecule has 1 aliphatic rings. The Morgan fingerprint density at radius 2 is 2.38 bits per heavy atom. The van der Waals surface area contributed by atoms with Gasteiger partial charge in [0, 0.05) is 19.3 Å². The largest absolute Gasteiger partial charge is 0.369 e. The molecule has 16 heavy (non-hydrogen) atoms. The van der Waals surface area contributed by atoms with Crippen LogP contribution in [0.4, 0.5) is 5.82 Å². The molecule has 1 unspecified atom stereocenters. The summed E-state index contributed by atoms with van der Waals surface area (Å²) in [7, 11) is 0. The summed E-state index contributed by atoms with van der Waals surface area (Å²) in [6, 6.07) is 3.67. The fourth-order valence-electron chi connectivity index (χ4n) is 1.97. The first-order valence-electron chi connectivity index (χ1n) is 5.32. The molecule has 1 saturated heterocycles. The van der Waals surface area contributed by atoms with Crippen molar-refractivity contribution in [2.24, 2.45) is 11.7 Å². The lowest BCUT2D eigenvalue weighted by molar-refractivity contribution is -0.122. The van der Waals surface area contributed by atoms with E-state index in [1.54, 1.807) is 12.3 Å². The maximum absolute atomic E-state index is 11.1. The highest BCUT2D eigenvalue weighted by atomic mass is 35.5. The number of amides is 1. The molecule has 4 nitrogen and oxygen atoms in total. The van der Waals surface area contributed by atoms with Gasteiger partial charge in [-0.3, -0.25) is 4.79 Å². The van der Waals surface area contributed by atoms with Gasteiger partial charge < -0.3 is 10.6 Å². The average molecular weight is 240 g/mol. The van der Waals surface area contributed by atoms with Gasteiger partial charge in [-0.15, -0.1) is 0 Å². The normalized spacial score (nSPS) is 20.8. The van der Waals surface area contributed by atoms with Crippen LogP contribution in [0.1, 0.15) is 12.8 Å². The Kier molecular flexibility index (Phi) is 3.29. The summed E-state index contributed by atoms with van der Waals surface area (Å²) in [4.78, 5) is 17.5. The zero-order valence-electron chi connectivity index (χ0n) is 8.90. The van der Waals surface area contributed by atoms with Crippen LogP contribution in [0.3, 0.4) is 0 Å². The lowest BCUT2D eigenvalue weighted by Crippen LogP contribution is -2.41. The van der Waals surface area contributed by atoms with Gasteiger partial charge in [-0.1, -0.05) is 11.6 Å². The van der Waals surface area contributed by atoms with Gasteiger partial charge in [0.05, 0.1) is 10.9 Å². The number of rotatable bonds is 2. The van der Waals surface area contributed by atoms with E-state index in [2.05, 4.69) is 9.88 Å². The van der Waals surface area contributed by atoms with Crippen molar-refractivity contribution in [1.82, 2.24) is 4.98 Å². The van der Waals surface area contributed by atoms with E-state index in [1.165, 1.54) is 0 Å². The molecule has 2 rings (SSSR count). The van der Waals surface area contributed by atoms with Crippen LogP contribution in [0.5, 0.6) is 0 Å². The molecule has 0 spiro atoms. The van der Waals surface area contributed by atoms with Crippen molar-refractivity contribution in [3.63, 3.8) is 0 Å². The molecule has 5 heteroatoms. The molecule has 0 radical (unpaired) electrons. The standard InChI is InChI=1S/C11H14ClN3O/c12-9-3-4-10(14-6-9)15-5-1-2-8(7-15)11(13)16/h3-4,6,8H,1-2,5,7H2,(H2,13,16). The minimum absolute atomic E-state index is 0.0637.